The molecule has 0 saturated carbocycles. The normalized spacial score (nSPS) is 16.9. The van der Waals surface area contributed by atoms with Gasteiger partial charge in [-0.15, -0.1) is 11.8 Å². The van der Waals surface area contributed by atoms with Gasteiger partial charge in [0.1, 0.15) is 43.3 Å². The molecule has 2 unspecified atom stereocenters. The molecule has 0 radical (unpaired) electrons. The van der Waals surface area contributed by atoms with E-state index in [9.17, 15) is 23.2 Å². The van der Waals surface area contributed by atoms with Gasteiger partial charge in [-0.3, -0.25) is 9.59 Å². The van der Waals surface area contributed by atoms with E-state index in [0.29, 0.717) is 11.6 Å². The highest BCUT2D eigenvalue weighted by atomic mass is 32.2. The molecule has 2 heterocycles. The van der Waals surface area contributed by atoms with Gasteiger partial charge < -0.3 is 23.7 Å². The van der Waals surface area contributed by atoms with E-state index in [1.165, 1.54) is 59.4 Å². The first kappa shape index (κ1) is 43.1. The molecule has 0 amide bonds. The van der Waals surface area contributed by atoms with Gasteiger partial charge in [-0.1, -0.05) is 55.1 Å². The number of rotatable bonds is 18. The topological polar surface area (TPSA) is 152 Å². The van der Waals surface area contributed by atoms with Crippen LogP contribution in [-0.2, 0) is 52.0 Å². The second kappa shape index (κ2) is 20.9. The molecule has 4 aromatic rings. The predicted molar refractivity (Wildman–Crippen MR) is 206 cm³/mol. The maximum absolute atomic E-state index is 15.9. The van der Waals surface area contributed by atoms with Gasteiger partial charge in [-0.25, -0.2) is 27.6 Å². The number of carbonyl (C=O) groups excluding carboxylic acids is 3. The Kier molecular flexibility index (Phi) is 15.6. The number of nitriles is 1. The second-order valence-electron chi connectivity index (χ2n) is 12.8. The van der Waals surface area contributed by atoms with Crippen molar-refractivity contribution in [2.75, 3.05) is 19.8 Å². The lowest BCUT2D eigenvalue weighted by Crippen LogP contribution is -2.47. The molecule has 302 valence electrons. The quantitative estimate of drug-likeness (QED) is 0.0440. The molecule has 1 fully saturated rings. The number of thioether (sulfide) groups is 1. The monoisotopic (exact) mass is 816 g/mol. The zero-order valence-electron chi connectivity index (χ0n) is 31.3. The van der Waals surface area contributed by atoms with E-state index in [-0.39, 0.29) is 73.3 Å². The molecule has 0 bridgehead atoms. The molecule has 1 aliphatic rings. The fraction of sp³-hybridized carbons (Fsp3) is 0.286. The summed E-state index contributed by atoms with van der Waals surface area (Å²) < 4.78 is 74.3. The highest BCUT2D eigenvalue weighted by molar-refractivity contribution is 8.00. The highest BCUT2D eigenvalue weighted by Gasteiger charge is 2.47. The zero-order chi connectivity index (χ0) is 41.5. The Labute approximate surface area is 336 Å². The molecule has 12 nitrogen and oxygen atoms in total. The van der Waals surface area contributed by atoms with E-state index in [2.05, 4.69) is 16.7 Å². The minimum atomic E-state index is -1.84. The summed E-state index contributed by atoms with van der Waals surface area (Å²) >= 11 is 1.29. The van der Waals surface area contributed by atoms with E-state index in [0.717, 1.165) is 12.1 Å². The van der Waals surface area contributed by atoms with Crippen LogP contribution in [0, 0.1) is 28.8 Å². The van der Waals surface area contributed by atoms with Gasteiger partial charge in [0.2, 0.25) is 0 Å². The van der Waals surface area contributed by atoms with E-state index in [1.807, 2.05) is 6.07 Å². The molecule has 2 atom stereocenters. The van der Waals surface area contributed by atoms with Crippen LogP contribution < -0.4 is 0 Å². The number of aromatic nitrogens is 3. The number of allylic oxidation sites excluding steroid dienone is 2. The molecular formula is C42H39F3N4O8S. The highest BCUT2D eigenvalue weighted by Crippen LogP contribution is 2.42. The fourth-order valence-electron chi connectivity index (χ4n) is 5.85. The van der Waals surface area contributed by atoms with Crippen LogP contribution in [0.2, 0.25) is 0 Å². The fourth-order valence-corrected chi connectivity index (χ4v) is 7.21. The van der Waals surface area contributed by atoms with Crippen LogP contribution in [-0.4, -0.2) is 69.3 Å². The summed E-state index contributed by atoms with van der Waals surface area (Å²) in [5.74, 6) is -4.54. The Hall–Kier alpha value is -6.02. The summed E-state index contributed by atoms with van der Waals surface area (Å²) in [6.07, 6.45) is 9.26. The molecule has 0 spiro atoms. The van der Waals surface area contributed by atoms with Crippen molar-refractivity contribution >= 4 is 35.7 Å². The minimum absolute atomic E-state index is 0.00747. The molecule has 58 heavy (non-hydrogen) atoms. The average Bonchev–Trinajstić information content (AvgIpc) is 3.73. The molecule has 1 aromatic heterocycles. The van der Waals surface area contributed by atoms with Crippen molar-refractivity contribution in [3.63, 3.8) is 0 Å². The van der Waals surface area contributed by atoms with Crippen LogP contribution in [0.25, 0.3) is 6.08 Å². The van der Waals surface area contributed by atoms with Gasteiger partial charge in [0.15, 0.2) is 11.9 Å². The number of esters is 3. The van der Waals surface area contributed by atoms with Crippen LogP contribution in [0.1, 0.15) is 52.4 Å². The Morgan fingerprint density at radius 2 is 1.79 bits per heavy atom. The van der Waals surface area contributed by atoms with Gasteiger partial charge in [0, 0.05) is 28.0 Å². The van der Waals surface area contributed by atoms with Gasteiger partial charge in [-0.2, -0.15) is 10.4 Å². The number of hydrogen-bond acceptors (Lipinski definition) is 12. The smallest absolute Gasteiger partial charge is 0.339 e. The number of halogens is 3. The number of ether oxygens (including phenoxy) is 5. The predicted octanol–water partition coefficient (Wildman–Crippen LogP) is 7.00. The van der Waals surface area contributed by atoms with Gasteiger partial charge in [0.05, 0.1) is 55.0 Å². The minimum Gasteiger partial charge on any atom is -0.461 e. The van der Waals surface area contributed by atoms with Crippen molar-refractivity contribution in [1.29, 1.82) is 5.26 Å². The lowest BCUT2D eigenvalue weighted by atomic mass is 9.89. The third-order valence-corrected chi connectivity index (χ3v) is 10.2. The Morgan fingerprint density at radius 3 is 2.48 bits per heavy atom. The molecule has 1 saturated heterocycles. The van der Waals surface area contributed by atoms with Crippen LogP contribution in [0.5, 0.6) is 0 Å². The number of benzene rings is 3. The van der Waals surface area contributed by atoms with Crippen molar-refractivity contribution in [2.24, 2.45) is 0 Å². The summed E-state index contributed by atoms with van der Waals surface area (Å²) in [6, 6.07) is 15.3. The summed E-state index contributed by atoms with van der Waals surface area (Å²) in [6.45, 7) is 4.98. The molecular weight excluding hydrogens is 778 g/mol. The van der Waals surface area contributed by atoms with E-state index in [4.69, 9.17) is 28.9 Å². The first-order chi connectivity index (χ1) is 28.0. The number of carbonyl (C=O) groups is 3. The SMILES string of the molecule is C=CCOC(=O)CCC(=O)OCc1ccccc1C(=O)OC(Cn1cncn1)(c1ccc(F)cc1F)C(C)SC1COC(/C=C/C=C/c2ccc(C#N)cc2F)OC1. The van der Waals surface area contributed by atoms with Gasteiger partial charge in [0.25, 0.3) is 0 Å². The molecule has 0 N–H and O–H groups in total. The number of nitrogens with zero attached hydrogens (tertiary/aromatic N) is 4. The molecule has 1 aliphatic heterocycles. The van der Waals surface area contributed by atoms with Crippen LogP contribution >= 0.6 is 11.8 Å². The lowest BCUT2D eigenvalue weighted by Gasteiger charge is -2.40. The van der Waals surface area contributed by atoms with Crippen molar-refractivity contribution < 1.29 is 51.2 Å². The third-order valence-electron chi connectivity index (χ3n) is 8.78. The van der Waals surface area contributed by atoms with Gasteiger partial charge >= 0.3 is 17.9 Å². The second-order valence-corrected chi connectivity index (χ2v) is 14.5. The van der Waals surface area contributed by atoms with E-state index >= 15 is 4.39 Å². The van der Waals surface area contributed by atoms with E-state index < -0.39 is 52.5 Å². The Morgan fingerprint density at radius 1 is 1.03 bits per heavy atom. The summed E-state index contributed by atoms with van der Waals surface area (Å²) in [5.41, 5.74) is -1.17. The maximum atomic E-state index is 15.9. The van der Waals surface area contributed by atoms with Crippen molar-refractivity contribution in [2.45, 2.75) is 55.3 Å². The molecule has 0 aliphatic carbocycles. The summed E-state index contributed by atoms with van der Waals surface area (Å²) in [7, 11) is 0. The standard InChI is InChI=1S/C42H39F3N4O8S/c1-3-18-53-38(50)16-17-39(51)54-22-31-9-4-6-10-34(31)41(52)57-42(25-49-27-47-26-48-49,35-15-14-32(43)20-37(35)45)28(2)58-33-23-55-40(56-24-33)11-7-5-8-30-13-12-29(21-46)19-36(30)44/h3-15,19-20,26-28,33,40H,1,16-18,22-25H2,2H3/b8-5+,11-7+. The van der Waals surface area contributed by atoms with Gasteiger partial charge in [-0.05, 0) is 43.3 Å². The van der Waals surface area contributed by atoms with Crippen molar-refractivity contribution in [3.8, 4) is 6.07 Å². The summed E-state index contributed by atoms with van der Waals surface area (Å²) in [4.78, 5) is 42.5. The maximum Gasteiger partial charge on any atom is 0.339 e. The first-order valence-electron chi connectivity index (χ1n) is 18.0. The summed E-state index contributed by atoms with van der Waals surface area (Å²) in [5, 5.41) is 12.0. The zero-order valence-corrected chi connectivity index (χ0v) is 32.1. The van der Waals surface area contributed by atoms with Crippen LogP contribution in [0.15, 0.2) is 104 Å². The number of hydrogen-bond donors (Lipinski definition) is 0. The van der Waals surface area contributed by atoms with Crippen molar-refractivity contribution in [1.82, 2.24) is 14.8 Å². The van der Waals surface area contributed by atoms with Crippen molar-refractivity contribution in [3.05, 3.63) is 149 Å². The molecule has 3 aromatic carbocycles. The molecule has 5 rings (SSSR count). The van der Waals surface area contributed by atoms with E-state index in [1.54, 1.807) is 49.4 Å². The Balaban J connectivity index is 1.33. The largest absolute Gasteiger partial charge is 0.461 e. The Bertz CT molecular complexity index is 2170. The molecule has 16 heteroatoms. The van der Waals surface area contributed by atoms with Crippen LogP contribution in [0.3, 0.4) is 0 Å². The first-order valence-corrected chi connectivity index (χ1v) is 18.9. The lowest BCUT2D eigenvalue weighted by molar-refractivity contribution is -0.150. The van der Waals surface area contributed by atoms with Crippen LogP contribution in [0.4, 0.5) is 13.2 Å². The average molecular weight is 817 g/mol. The third kappa shape index (κ3) is 11.8.